The number of H-pyrrole nitrogens is 1. The van der Waals surface area contributed by atoms with Crippen molar-refractivity contribution in [2.45, 2.75) is 19.6 Å². The Balaban J connectivity index is 1.54. The molecular weight excluding hydrogens is 284 g/mol. The van der Waals surface area contributed by atoms with Gasteiger partial charge in [-0.15, -0.1) is 0 Å². The van der Waals surface area contributed by atoms with Crippen molar-refractivity contribution < 1.29 is 9.53 Å². The predicted octanol–water partition coefficient (Wildman–Crippen LogP) is 0.266. The van der Waals surface area contributed by atoms with Gasteiger partial charge in [0, 0.05) is 24.5 Å². The second kappa shape index (κ2) is 6.48. The number of hydrogen-bond donors (Lipinski definition) is 1. The maximum atomic E-state index is 12.2. The van der Waals surface area contributed by atoms with Crippen LogP contribution >= 0.6 is 0 Å². The highest BCUT2D eigenvalue weighted by molar-refractivity contribution is 5.77. The quantitative estimate of drug-likeness (QED) is 0.875. The Hall–Kier alpha value is -2.54. The summed E-state index contributed by atoms with van der Waals surface area (Å²) in [4.78, 5) is 36.1. The van der Waals surface area contributed by atoms with E-state index in [4.69, 9.17) is 4.74 Å². The lowest BCUT2D eigenvalue weighted by atomic mass is 10.1. The Morgan fingerprint density at radius 3 is 3.00 bits per heavy atom. The molecule has 0 radical (unpaired) electrons. The Morgan fingerprint density at radius 1 is 1.36 bits per heavy atom. The number of amides is 1. The van der Waals surface area contributed by atoms with Gasteiger partial charge in [0.1, 0.15) is 6.61 Å². The van der Waals surface area contributed by atoms with Gasteiger partial charge in [-0.25, -0.2) is 4.98 Å². The van der Waals surface area contributed by atoms with Crippen molar-refractivity contribution in [1.29, 1.82) is 0 Å². The van der Waals surface area contributed by atoms with E-state index in [0.29, 0.717) is 37.4 Å². The molecule has 0 saturated heterocycles. The fourth-order valence-corrected chi connectivity index (χ4v) is 2.40. The van der Waals surface area contributed by atoms with Crippen LogP contribution in [0.2, 0.25) is 0 Å². The van der Waals surface area contributed by atoms with Crippen LogP contribution in [0.25, 0.3) is 0 Å². The molecule has 1 aliphatic heterocycles. The number of fused-ring (bicyclic) bond motifs is 1. The van der Waals surface area contributed by atoms with Crippen LogP contribution in [0.1, 0.15) is 16.8 Å². The second-order valence-corrected chi connectivity index (χ2v) is 5.07. The number of carbonyl (C=O) groups is 1. The van der Waals surface area contributed by atoms with Crippen molar-refractivity contribution in [3.05, 3.63) is 58.0 Å². The number of pyridine rings is 1. The van der Waals surface area contributed by atoms with Crippen molar-refractivity contribution in [3.63, 3.8) is 0 Å². The van der Waals surface area contributed by atoms with Crippen molar-refractivity contribution in [1.82, 2.24) is 19.9 Å². The Morgan fingerprint density at radius 2 is 2.18 bits per heavy atom. The van der Waals surface area contributed by atoms with Crippen LogP contribution in [-0.2, 0) is 29.1 Å². The first-order chi connectivity index (χ1) is 10.7. The summed E-state index contributed by atoms with van der Waals surface area (Å²) in [6, 6.07) is 3.69. The third kappa shape index (κ3) is 3.20. The Kier molecular flexibility index (Phi) is 4.24. The van der Waals surface area contributed by atoms with E-state index in [-0.39, 0.29) is 18.1 Å². The summed E-state index contributed by atoms with van der Waals surface area (Å²) in [7, 11) is 0. The highest BCUT2D eigenvalue weighted by Crippen LogP contribution is 2.13. The van der Waals surface area contributed by atoms with E-state index in [0.717, 1.165) is 5.56 Å². The third-order valence-corrected chi connectivity index (χ3v) is 3.61. The number of hydrogen-bond acceptors (Lipinski definition) is 5. The molecule has 3 rings (SSSR count). The number of rotatable bonds is 4. The number of nitrogens with zero attached hydrogens (tertiary/aromatic N) is 3. The lowest BCUT2D eigenvalue weighted by Crippen LogP contribution is -2.40. The largest absolute Gasteiger partial charge is 0.367 e. The maximum Gasteiger partial charge on any atom is 0.254 e. The van der Waals surface area contributed by atoms with Gasteiger partial charge in [0.15, 0.2) is 0 Å². The minimum absolute atomic E-state index is 0.0147. The summed E-state index contributed by atoms with van der Waals surface area (Å²) in [6.07, 6.45) is 5.26. The zero-order valence-electron chi connectivity index (χ0n) is 12.0. The molecule has 0 unspecified atom stereocenters. The van der Waals surface area contributed by atoms with Gasteiger partial charge in [-0.2, -0.15) is 0 Å². The lowest BCUT2D eigenvalue weighted by molar-refractivity contribution is -0.137. The van der Waals surface area contributed by atoms with E-state index in [9.17, 15) is 9.59 Å². The van der Waals surface area contributed by atoms with Crippen LogP contribution < -0.4 is 5.56 Å². The van der Waals surface area contributed by atoms with E-state index < -0.39 is 0 Å². The molecule has 3 heterocycles. The van der Waals surface area contributed by atoms with Gasteiger partial charge in [0.2, 0.25) is 5.91 Å². The average molecular weight is 300 g/mol. The highest BCUT2D eigenvalue weighted by Gasteiger charge is 2.23. The Labute approximate surface area is 127 Å². The van der Waals surface area contributed by atoms with Crippen LogP contribution in [0.15, 0.2) is 35.6 Å². The first-order valence-corrected chi connectivity index (χ1v) is 7.04. The molecule has 0 saturated carbocycles. The summed E-state index contributed by atoms with van der Waals surface area (Å²) < 4.78 is 5.44. The highest BCUT2D eigenvalue weighted by atomic mass is 16.5. The summed E-state index contributed by atoms with van der Waals surface area (Å²) >= 11 is 0. The molecule has 1 aliphatic rings. The molecule has 0 aliphatic carbocycles. The summed E-state index contributed by atoms with van der Waals surface area (Å²) in [6.45, 7) is 1.26. The monoisotopic (exact) mass is 300 g/mol. The van der Waals surface area contributed by atoms with Gasteiger partial charge >= 0.3 is 0 Å². The summed E-state index contributed by atoms with van der Waals surface area (Å²) in [5.74, 6) is -0.0956. The molecule has 1 amide bonds. The maximum absolute atomic E-state index is 12.2. The fourth-order valence-electron chi connectivity index (χ4n) is 2.40. The molecule has 0 spiro atoms. The second-order valence-electron chi connectivity index (χ2n) is 5.07. The van der Waals surface area contributed by atoms with Crippen LogP contribution in [0.3, 0.4) is 0 Å². The molecule has 0 bridgehead atoms. The van der Waals surface area contributed by atoms with Gasteiger partial charge < -0.3 is 14.6 Å². The predicted molar refractivity (Wildman–Crippen MR) is 77.9 cm³/mol. The number of ether oxygens (including phenoxy) is 1. The van der Waals surface area contributed by atoms with E-state index in [1.807, 2.05) is 12.1 Å². The minimum atomic E-state index is -0.119. The van der Waals surface area contributed by atoms with Crippen LogP contribution in [0, 0.1) is 0 Å². The third-order valence-electron chi connectivity index (χ3n) is 3.61. The number of nitrogens with one attached hydrogen (secondary N) is 1. The first-order valence-electron chi connectivity index (χ1n) is 7.04. The molecule has 7 nitrogen and oxygen atoms in total. The van der Waals surface area contributed by atoms with Crippen molar-refractivity contribution in [2.24, 2.45) is 0 Å². The minimum Gasteiger partial charge on any atom is -0.367 e. The zero-order chi connectivity index (χ0) is 15.4. The number of aromatic nitrogens is 3. The van der Waals surface area contributed by atoms with E-state index in [2.05, 4.69) is 15.0 Å². The smallest absolute Gasteiger partial charge is 0.254 e. The topological polar surface area (TPSA) is 88.2 Å². The lowest BCUT2D eigenvalue weighted by Gasteiger charge is -2.27. The molecule has 0 aromatic carbocycles. The molecule has 7 heteroatoms. The van der Waals surface area contributed by atoms with Gasteiger partial charge in [-0.3, -0.25) is 14.6 Å². The normalized spacial score (nSPS) is 13.7. The van der Waals surface area contributed by atoms with E-state index in [1.165, 1.54) is 6.33 Å². The average Bonchev–Trinajstić information content (AvgIpc) is 2.55. The molecule has 0 atom stereocenters. The fraction of sp³-hybridized carbons (Fsp3) is 0.333. The van der Waals surface area contributed by atoms with Crippen LogP contribution in [-0.4, -0.2) is 38.9 Å². The van der Waals surface area contributed by atoms with E-state index in [1.54, 1.807) is 17.3 Å². The first kappa shape index (κ1) is 14.4. The van der Waals surface area contributed by atoms with Crippen LogP contribution in [0.4, 0.5) is 0 Å². The zero-order valence-corrected chi connectivity index (χ0v) is 12.0. The SMILES string of the molecule is O=C(COCc1ccncc1)N1CCc2c(nc[nH]c2=O)C1. The number of carbonyl (C=O) groups excluding carboxylic acids is 1. The van der Waals surface area contributed by atoms with Gasteiger partial charge in [-0.05, 0) is 24.1 Å². The van der Waals surface area contributed by atoms with Gasteiger partial charge in [0.25, 0.3) is 5.56 Å². The van der Waals surface area contributed by atoms with Crippen molar-refractivity contribution in [3.8, 4) is 0 Å². The summed E-state index contributed by atoms with van der Waals surface area (Å²) in [5.41, 5.74) is 2.19. The van der Waals surface area contributed by atoms with E-state index >= 15 is 0 Å². The molecular formula is C15H16N4O3. The molecule has 1 N–H and O–H groups in total. The molecule has 114 valence electrons. The molecule has 2 aromatic heterocycles. The molecule has 22 heavy (non-hydrogen) atoms. The van der Waals surface area contributed by atoms with Crippen LogP contribution in [0.5, 0.6) is 0 Å². The van der Waals surface area contributed by atoms with Gasteiger partial charge in [-0.1, -0.05) is 0 Å². The number of aromatic amines is 1. The van der Waals surface area contributed by atoms with Crippen molar-refractivity contribution in [2.75, 3.05) is 13.2 Å². The molecule has 0 fully saturated rings. The summed E-state index contributed by atoms with van der Waals surface area (Å²) in [5, 5.41) is 0. The van der Waals surface area contributed by atoms with Gasteiger partial charge in [0.05, 0.1) is 25.2 Å². The Bertz CT molecular complexity index is 714. The molecule has 2 aromatic rings. The van der Waals surface area contributed by atoms with Crippen molar-refractivity contribution >= 4 is 5.91 Å². The standard InChI is InChI=1S/C15H16N4O3/c20-14(9-22-8-11-1-4-16-5-2-11)19-6-3-12-13(7-19)17-10-18-15(12)21/h1-2,4-5,10H,3,6-9H2,(H,17,18,21).